The molecule has 0 aliphatic carbocycles. The summed E-state index contributed by atoms with van der Waals surface area (Å²) in [6, 6.07) is 8.78. The topological polar surface area (TPSA) is 125 Å². The number of carbonyl (C=O) groups is 1. The molecule has 5 N–H and O–H groups in total. The molecule has 1 saturated heterocycles. The molecule has 2 heterocycles. The van der Waals surface area contributed by atoms with Crippen LogP contribution in [0, 0.1) is 5.82 Å². The lowest BCUT2D eigenvalue weighted by molar-refractivity contribution is 0.00943. The number of nitrogens with zero attached hydrogens (tertiary/aromatic N) is 2. The summed E-state index contributed by atoms with van der Waals surface area (Å²) in [7, 11) is 0. The number of hydrogen-bond donors (Lipinski definition) is 4. The van der Waals surface area contributed by atoms with Crippen molar-refractivity contribution in [2.75, 3.05) is 6.61 Å². The van der Waals surface area contributed by atoms with Crippen LogP contribution in [0.4, 0.5) is 9.18 Å². The molecule has 0 bridgehead atoms. The van der Waals surface area contributed by atoms with Gasteiger partial charge in [0.2, 0.25) is 0 Å². The fraction of sp³-hybridized carbons (Fsp3) is 0.316. The third-order valence-electron chi connectivity index (χ3n) is 4.37. The Bertz CT molecular complexity index is 863. The van der Waals surface area contributed by atoms with Crippen LogP contribution >= 0.6 is 0 Å². The number of urea groups is 1. The van der Waals surface area contributed by atoms with Crippen LogP contribution < -0.4 is 11.1 Å². The molecule has 0 saturated carbocycles. The highest BCUT2D eigenvalue weighted by Gasteiger charge is 2.27. The van der Waals surface area contributed by atoms with Crippen LogP contribution in [0.3, 0.4) is 0 Å². The summed E-state index contributed by atoms with van der Waals surface area (Å²) in [5.41, 5.74) is 7.46. The van der Waals surface area contributed by atoms with E-state index >= 15 is 0 Å². The Balaban J connectivity index is 1.67. The fourth-order valence-corrected chi connectivity index (χ4v) is 2.94. The molecule has 2 unspecified atom stereocenters. The lowest BCUT2D eigenvalue weighted by atomic mass is 10.1. The van der Waals surface area contributed by atoms with E-state index in [2.05, 4.69) is 20.3 Å². The van der Waals surface area contributed by atoms with Crippen LogP contribution in [0.2, 0.25) is 0 Å². The number of H-pyrrole nitrogens is 1. The molecule has 2 aromatic rings. The van der Waals surface area contributed by atoms with Crippen LogP contribution in [0.1, 0.15) is 35.9 Å². The lowest BCUT2D eigenvalue weighted by Gasteiger charge is -2.10. The third kappa shape index (κ3) is 5.02. The monoisotopic (exact) mass is 387 g/mol. The first-order chi connectivity index (χ1) is 13.6. The summed E-state index contributed by atoms with van der Waals surface area (Å²) in [6.45, 7) is 0.194. The molecule has 8 nitrogen and oxygen atoms in total. The van der Waals surface area contributed by atoms with E-state index in [1.54, 1.807) is 18.2 Å². The average molecular weight is 387 g/mol. The predicted octanol–water partition coefficient (Wildman–Crippen LogP) is 2.01. The number of nitrogens with two attached hydrogens (primary N) is 1. The lowest BCUT2D eigenvalue weighted by Crippen LogP contribution is -2.21. The summed E-state index contributed by atoms with van der Waals surface area (Å²) in [4.78, 5) is 23.2. The van der Waals surface area contributed by atoms with Crippen LogP contribution in [-0.4, -0.2) is 41.0 Å². The highest BCUT2D eigenvalue weighted by Crippen LogP contribution is 2.32. The molecule has 148 valence electrons. The van der Waals surface area contributed by atoms with E-state index in [0.29, 0.717) is 5.69 Å². The number of aromatic nitrogens is 1. The number of aromatic amines is 1. The van der Waals surface area contributed by atoms with Crippen molar-refractivity contribution in [2.24, 2.45) is 15.7 Å². The molecule has 1 aliphatic heterocycles. The zero-order chi connectivity index (χ0) is 19.9. The number of amidine groups is 1. The van der Waals surface area contributed by atoms with E-state index < -0.39 is 6.03 Å². The van der Waals surface area contributed by atoms with E-state index in [1.807, 2.05) is 6.07 Å². The second-order valence-corrected chi connectivity index (χ2v) is 6.33. The van der Waals surface area contributed by atoms with Gasteiger partial charge in [-0.05, 0) is 42.7 Å². The molecule has 0 spiro atoms. The van der Waals surface area contributed by atoms with Gasteiger partial charge in [-0.2, -0.15) is 4.99 Å². The number of rotatable bonds is 5. The second kappa shape index (κ2) is 9.25. The Kier molecular flexibility index (Phi) is 6.51. The Hall–Kier alpha value is -3.04. The summed E-state index contributed by atoms with van der Waals surface area (Å²) >= 11 is 0. The smallest absolute Gasteiger partial charge is 0.343 e. The first kappa shape index (κ1) is 19.7. The van der Waals surface area contributed by atoms with Gasteiger partial charge in [-0.1, -0.05) is 12.1 Å². The third-order valence-corrected chi connectivity index (χ3v) is 4.37. The fourth-order valence-electron chi connectivity index (χ4n) is 2.94. The summed E-state index contributed by atoms with van der Waals surface area (Å²) < 4.78 is 18.7. The minimum absolute atomic E-state index is 0.0114. The summed E-state index contributed by atoms with van der Waals surface area (Å²) in [5, 5.41) is 11.8. The molecular formula is C19H22FN5O3. The zero-order valence-corrected chi connectivity index (χ0v) is 15.1. The van der Waals surface area contributed by atoms with Crippen molar-refractivity contribution in [3.05, 3.63) is 59.2 Å². The molecule has 0 radical (unpaired) electrons. The molecule has 2 atom stereocenters. The van der Waals surface area contributed by atoms with E-state index in [0.717, 1.165) is 30.4 Å². The average Bonchev–Trinajstić information content (AvgIpc) is 3.36. The standard InChI is InChI=1S/C19H22FN5O3/c20-13-3-1-12(2-4-13)9-22-19(27)25-18(23-11-21)16-7-6-15(24-16)17-8-5-14(10-26)28-17/h1-4,6-7,11,14,17,24,26H,5,8-10H2,(H3,21,22,23,25,27). The number of ether oxygens (including phenoxy) is 1. The number of benzene rings is 1. The number of nitrogens with one attached hydrogen (secondary N) is 2. The van der Waals surface area contributed by atoms with Crippen molar-refractivity contribution < 1.29 is 19.0 Å². The maximum Gasteiger partial charge on any atom is 0.343 e. The maximum absolute atomic E-state index is 12.9. The number of aliphatic imine (C=N–C) groups is 2. The number of aliphatic hydroxyl groups is 1. The van der Waals surface area contributed by atoms with Crippen LogP contribution in [0.5, 0.6) is 0 Å². The Morgan fingerprint density at radius 1 is 1.32 bits per heavy atom. The van der Waals surface area contributed by atoms with Crippen LogP contribution in [-0.2, 0) is 11.3 Å². The molecule has 1 aliphatic rings. The number of halogens is 1. The van der Waals surface area contributed by atoms with Crippen molar-refractivity contribution >= 4 is 18.2 Å². The van der Waals surface area contributed by atoms with Crippen molar-refractivity contribution in [3.8, 4) is 0 Å². The Morgan fingerprint density at radius 2 is 2.11 bits per heavy atom. The second-order valence-electron chi connectivity index (χ2n) is 6.33. The normalized spacial score (nSPS) is 20.0. The molecular weight excluding hydrogens is 365 g/mol. The van der Waals surface area contributed by atoms with Crippen molar-refractivity contribution in [1.82, 2.24) is 10.3 Å². The van der Waals surface area contributed by atoms with Gasteiger partial charge in [-0.25, -0.2) is 14.2 Å². The predicted molar refractivity (Wildman–Crippen MR) is 103 cm³/mol. The maximum atomic E-state index is 12.9. The summed E-state index contributed by atoms with van der Waals surface area (Å²) in [6.07, 6.45) is 2.31. The van der Waals surface area contributed by atoms with E-state index in [-0.39, 0.29) is 37.0 Å². The van der Waals surface area contributed by atoms with E-state index in [9.17, 15) is 14.3 Å². The highest BCUT2D eigenvalue weighted by molar-refractivity contribution is 6.06. The first-order valence-electron chi connectivity index (χ1n) is 8.90. The van der Waals surface area contributed by atoms with Gasteiger partial charge in [0.25, 0.3) is 0 Å². The van der Waals surface area contributed by atoms with Crippen molar-refractivity contribution in [3.63, 3.8) is 0 Å². The van der Waals surface area contributed by atoms with Gasteiger partial charge in [0, 0.05) is 12.2 Å². The quantitative estimate of drug-likeness (QED) is 0.462. The van der Waals surface area contributed by atoms with Gasteiger partial charge in [0.15, 0.2) is 5.84 Å². The molecule has 28 heavy (non-hydrogen) atoms. The molecule has 1 fully saturated rings. The molecule has 9 heteroatoms. The van der Waals surface area contributed by atoms with E-state index in [1.165, 1.54) is 12.1 Å². The molecule has 1 aromatic heterocycles. The molecule has 3 rings (SSSR count). The number of carbonyl (C=O) groups excluding carboxylic acids is 1. The van der Waals surface area contributed by atoms with Gasteiger partial charge < -0.3 is 25.9 Å². The number of hydrogen-bond acceptors (Lipinski definition) is 3. The van der Waals surface area contributed by atoms with Crippen LogP contribution in [0.25, 0.3) is 0 Å². The largest absolute Gasteiger partial charge is 0.394 e. The van der Waals surface area contributed by atoms with Crippen LogP contribution in [0.15, 0.2) is 46.4 Å². The van der Waals surface area contributed by atoms with Gasteiger partial charge in [0.1, 0.15) is 5.82 Å². The van der Waals surface area contributed by atoms with Gasteiger partial charge >= 0.3 is 6.03 Å². The number of aliphatic hydroxyl groups excluding tert-OH is 1. The first-order valence-corrected chi connectivity index (χ1v) is 8.90. The highest BCUT2D eigenvalue weighted by atomic mass is 19.1. The minimum atomic E-state index is -0.599. The Morgan fingerprint density at radius 3 is 2.79 bits per heavy atom. The van der Waals surface area contributed by atoms with Gasteiger partial charge in [-0.15, -0.1) is 0 Å². The Labute approximate surface area is 161 Å². The summed E-state index contributed by atoms with van der Waals surface area (Å²) in [5.74, 6) is -0.214. The number of amides is 2. The van der Waals surface area contributed by atoms with Crippen molar-refractivity contribution in [1.29, 1.82) is 0 Å². The molecule has 2 amide bonds. The van der Waals surface area contributed by atoms with Gasteiger partial charge in [0.05, 0.1) is 30.8 Å². The minimum Gasteiger partial charge on any atom is -0.394 e. The van der Waals surface area contributed by atoms with Gasteiger partial charge in [-0.3, -0.25) is 0 Å². The van der Waals surface area contributed by atoms with Crippen molar-refractivity contribution in [2.45, 2.75) is 31.6 Å². The molecule has 1 aromatic carbocycles. The van der Waals surface area contributed by atoms with E-state index in [4.69, 9.17) is 10.5 Å². The zero-order valence-electron chi connectivity index (χ0n) is 15.1. The SMILES string of the molecule is NC=N/C(=N\C(=O)NCc1ccc(F)cc1)c1ccc(C2CCC(CO)O2)[nH]1.